The average molecular weight is 308 g/mol. The van der Waals surface area contributed by atoms with Gasteiger partial charge in [0.2, 0.25) is 0 Å². The fraction of sp³-hybridized carbons (Fsp3) is 0.923. The van der Waals surface area contributed by atoms with E-state index in [1.54, 1.807) is 20.8 Å². The van der Waals surface area contributed by atoms with Gasteiger partial charge in [0, 0.05) is 6.04 Å². The Morgan fingerprint density at radius 1 is 1.10 bits per heavy atom. The summed E-state index contributed by atoms with van der Waals surface area (Å²) in [6, 6.07) is -0.0845. The molecule has 0 bridgehead atoms. The molecule has 7 heteroatoms. The molecule has 6 nitrogen and oxygen atoms in total. The molecule has 20 heavy (non-hydrogen) atoms. The van der Waals surface area contributed by atoms with E-state index in [-0.39, 0.29) is 6.04 Å². The van der Waals surface area contributed by atoms with Crippen LogP contribution in [-0.4, -0.2) is 26.2 Å². The van der Waals surface area contributed by atoms with Crippen molar-refractivity contribution in [2.45, 2.75) is 78.4 Å². The number of amides is 1. The molecule has 0 aromatic rings. The van der Waals surface area contributed by atoms with Gasteiger partial charge < -0.3 is 4.74 Å². The van der Waals surface area contributed by atoms with Crippen molar-refractivity contribution in [1.29, 1.82) is 0 Å². The van der Waals surface area contributed by atoms with Gasteiger partial charge in [-0.15, -0.1) is 0 Å². The molecule has 0 aromatic heterocycles. The lowest BCUT2D eigenvalue weighted by Crippen LogP contribution is -2.47. The molecule has 1 saturated carbocycles. The molecule has 1 rings (SSSR count). The van der Waals surface area contributed by atoms with Gasteiger partial charge in [0.05, 0.1) is 0 Å². The second kappa shape index (κ2) is 8.46. The van der Waals surface area contributed by atoms with Gasteiger partial charge in [-0.1, -0.05) is 33.1 Å². The highest BCUT2D eigenvalue weighted by Crippen LogP contribution is 2.17. The first-order valence-electron chi connectivity index (χ1n) is 7.21. The monoisotopic (exact) mass is 308 g/mol. The van der Waals surface area contributed by atoms with Crippen LogP contribution in [-0.2, 0) is 14.9 Å². The molecule has 0 unspecified atom stereocenters. The Morgan fingerprint density at radius 2 is 1.60 bits per heavy atom. The van der Waals surface area contributed by atoms with Crippen molar-refractivity contribution >= 4 is 16.3 Å². The second-order valence-electron chi connectivity index (χ2n) is 5.56. The van der Waals surface area contributed by atoms with E-state index >= 15 is 0 Å². The zero-order valence-electron chi connectivity index (χ0n) is 13.2. The Bertz CT molecular complexity index is 382. The number of hydrogen-bond donors (Lipinski definition) is 2. The Labute approximate surface area is 122 Å². The van der Waals surface area contributed by atoms with E-state index < -0.39 is 21.9 Å². The zero-order chi connectivity index (χ0) is 15.8. The van der Waals surface area contributed by atoms with Crippen molar-refractivity contribution in [3.63, 3.8) is 0 Å². The van der Waals surface area contributed by atoms with Gasteiger partial charge in [-0.25, -0.2) is 9.52 Å². The van der Waals surface area contributed by atoms with Gasteiger partial charge in [-0.2, -0.15) is 13.1 Å². The van der Waals surface area contributed by atoms with E-state index in [0.717, 1.165) is 32.1 Å². The molecule has 0 aromatic carbocycles. The van der Waals surface area contributed by atoms with E-state index in [9.17, 15) is 13.2 Å². The molecule has 0 aliphatic heterocycles. The third-order valence-corrected chi connectivity index (χ3v) is 3.62. The average Bonchev–Trinajstić information content (AvgIpc) is 2.28. The number of carbonyl (C=O) groups excluding carboxylic acids is 1. The lowest BCUT2D eigenvalue weighted by atomic mass is 9.96. The standard InChI is InChI=1S/C11H22N2O4S.C2H6/c1-11(2,3)17-10(14)13-18(15,16)12-9-7-5-4-6-8-9;1-2/h9,12H,4-8H2,1-3H3,(H,13,14);1-2H3. The lowest BCUT2D eigenvalue weighted by molar-refractivity contribution is 0.0569. The van der Waals surface area contributed by atoms with Crippen LogP contribution in [0.15, 0.2) is 0 Å². The summed E-state index contributed by atoms with van der Waals surface area (Å²) in [5.74, 6) is 0. The van der Waals surface area contributed by atoms with Crippen molar-refractivity contribution in [2.24, 2.45) is 0 Å². The van der Waals surface area contributed by atoms with Crippen LogP contribution in [0.2, 0.25) is 0 Å². The van der Waals surface area contributed by atoms with E-state index in [1.807, 2.05) is 18.6 Å². The maximum Gasteiger partial charge on any atom is 0.422 e. The number of ether oxygens (including phenoxy) is 1. The molecule has 120 valence electrons. The predicted octanol–water partition coefficient (Wildman–Crippen LogP) is 2.70. The van der Waals surface area contributed by atoms with Crippen LogP contribution >= 0.6 is 0 Å². The Balaban J connectivity index is 0.00000172. The highest BCUT2D eigenvalue weighted by molar-refractivity contribution is 7.88. The molecule has 0 radical (unpaired) electrons. The molecule has 0 saturated heterocycles. The minimum atomic E-state index is -3.83. The molecule has 2 N–H and O–H groups in total. The van der Waals surface area contributed by atoms with Crippen LogP contribution in [0.1, 0.15) is 66.7 Å². The summed E-state index contributed by atoms with van der Waals surface area (Å²) < 4.78 is 32.6. The summed E-state index contributed by atoms with van der Waals surface area (Å²) in [4.78, 5) is 11.4. The van der Waals surface area contributed by atoms with Gasteiger partial charge in [0.1, 0.15) is 5.60 Å². The SMILES string of the molecule is CC.CC(C)(C)OC(=O)NS(=O)(=O)NC1CCCCC1. The first-order valence-corrected chi connectivity index (χ1v) is 8.69. The molecule has 1 amide bonds. The van der Waals surface area contributed by atoms with Crippen molar-refractivity contribution < 1.29 is 17.9 Å². The van der Waals surface area contributed by atoms with Gasteiger partial charge >= 0.3 is 16.3 Å². The van der Waals surface area contributed by atoms with E-state index in [4.69, 9.17) is 4.74 Å². The van der Waals surface area contributed by atoms with Crippen molar-refractivity contribution in [2.75, 3.05) is 0 Å². The number of hydrogen-bond acceptors (Lipinski definition) is 4. The molecule has 1 aliphatic carbocycles. The molecular formula is C13H28N2O4S. The predicted molar refractivity (Wildman–Crippen MR) is 79.6 cm³/mol. The van der Waals surface area contributed by atoms with Gasteiger partial charge in [-0.3, -0.25) is 0 Å². The summed E-state index contributed by atoms with van der Waals surface area (Å²) >= 11 is 0. The smallest absolute Gasteiger partial charge is 0.422 e. The van der Waals surface area contributed by atoms with Crippen molar-refractivity contribution in [1.82, 2.24) is 9.44 Å². The minimum Gasteiger partial charge on any atom is -0.443 e. The Hall–Kier alpha value is -0.820. The topological polar surface area (TPSA) is 84.5 Å². The van der Waals surface area contributed by atoms with E-state index in [1.165, 1.54) is 0 Å². The first-order chi connectivity index (χ1) is 9.18. The Kier molecular flexibility index (Phi) is 8.12. The highest BCUT2D eigenvalue weighted by Gasteiger charge is 2.24. The van der Waals surface area contributed by atoms with Gasteiger partial charge in [0.15, 0.2) is 0 Å². The maximum absolute atomic E-state index is 11.7. The van der Waals surface area contributed by atoms with Gasteiger partial charge in [0.25, 0.3) is 0 Å². The summed E-state index contributed by atoms with van der Waals surface area (Å²) in [6.07, 6.45) is 3.84. The third-order valence-electron chi connectivity index (χ3n) is 2.54. The largest absolute Gasteiger partial charge is 0.443 e. The molecule has 0 atom stereocenters. The number of nitrogens with one attached hydrogen (secondary N) is 2. The summed E-state index contributed by atoms with van der Waals surface area (Å²) in [5, 5.41) is 0. The second-order valence-corrected chi connectivity index (χ2v) is 7.01. The van der Waals surface area contributed by atoms with Crippen LogP contribution in [0.25, 0.3) is 0 Å². The minimum absolute atomic E-state index is 0.0845. The van der Waals surface area contributed by atoms with E-state index in [0.29, 0.717) is 0 Å². The molecule has 1 aliphatic rings. The van der Waals surface area contributed by atoms with Crippen molar-refractivity contribution in [3.8, 4) is 0 Å². The summed E-state index contributed by atoms with van der Waals surface area (Å²) in [5.41, 5.74) is -0.718. The fourth-order valence-electron chi connectivity index (χ4n) is 1.88. The zero-order valence-corrected chi connectivity index (χ0v) is 14.0. The maximum atomic E-state index is 11.7. The van der Waals surface area contributed by atoms with Crippen LogP contribution in [0.5, 0.6) is 0 Å². The molecular weight excluding hydrogens is 280 g/mol. The van der Waals surface area contributed by atoms with Crippen LogP contribution < -0.4 is 9.44 Å². The third kappa shape index (κ3) is 9.14. The normalized spacial score (nSPS) is 16.9. The highest BCUT2D eigenvalue weighted by atomic mass is 32.2. The van der Waals surface area contributed by atoms with Crippen molar-refractivity contribution in [3.05, 3.63) is 0 Å². The fourth-order valence-corrected chi connectivity index (χ4v) is 2.87. The van der Waals surface area contributed by atoms with Crippen LogP contribution in [0.4, 0.5) is 4.79 Å². The van der Waals surface area contributed by atoms with Crippen LogP contribution in [0.3, 0.4) is 0 Å². The number of carbonyl (C=O) groups is 1. The quantitative estimate of drug-likeness (QED) is 0.839. The first kappa shape index (κ1) is 19.2. The lowest BCUT2D eigenvalue weighted by Gasteiger charge is -2.23. The Morgan fingerprint density at radius 3 is 2.05 bits per heavy atom. The molecule has 0 heterocycles. The summed E-state index contributed by atoms with van der Waals surface area (Å²) in [7, 11) is -3.83. The van der Waals surface area contributed by atoms with E-state index in [2.05, 4.69) is 4.72 Å². The molecule has 0 spiro atoms. The molecule has 1 fully saturated rings. The van der Waals surface area contributed by atoms with Crippen LogP contribution in [0, 0.1) is 0 Å². The van der Waals surface area contributed by atoms with Gasteiger partial charge in [-0.05, 0) is 33.6 Å². The number of rotatable bonds is 3. The summed E-state index contributed by atoms with van der Waals surface area (Å²) in [6.45, 7) is 9.02.